The van der Waals surface area contributed by atoms with Gasteiger partial charge in [0.15, 0.2) is 0 Å². The highest BCUT2D eigenvalue weighted by Gasteiger charge is 2.21. The monoisotopic (exact) mass is 288 g/mol. The van der Waals surface area contributed by atoms with Crippen LogP contribution in [0.25, 0.3) is 0 Å². The number of unbranched alkanes of at least 4 members (excludes halogenated alkanes) is 2. The average Bonchev–Trinajstić information content (AvgIpc) is 2.92. The molecule has 0 aliphatic carbocycles. The number of benzene rings is 1. The van der Waals surface area contributed by atoms with Crippen molar-refractivity contribution in [2.75, 3.05) is 11.4 Å². The molecule has 1 aromatic carbocycles. The first-order valence-electron chi connectivity index (χ1n) is 8.33. The normalized spacial score (nSPS) is 16.5. The molecule has 2 rings (SSSR count). The Labute approximate surface area is 128 Å². The van der Waals surface area contributed by atoms with Crippen LogP contribution in [-0.4, -0.2) is 18.5 Å². The van der Waals surface area contributed by atoms with Gasteiger partial charge in [0.2, 0.25) is 5.91 Å². The molecule has 0 spiro atoms. The maximum Gasteiger partial charge on any atom is 0.227 e. The van der Waals surface area contributed by atoms with E-state index in [0.717, 1.165) is 25.2 Å². The van der Waals surface area contributed by atoms with Gasteiger partial charge in [-0.15, -0.1) is 0 Å². The fourth-order valence-electron chi connectivity index (χ4n) is 2.81. The lowest BCUT2D eigenvalue weighted by Crippen LogP contribution is -2.25. The Hall–Kier alpha value is -1.35. The summed E-state index contributed by atoms with van der Waals surface area (Å²) in [6.07, 6.45) is 6.83. The lowest BCUT2D eigenvalue weighted by atomic mass is 10.1. The van der Waals surface area contributed by atoms with Gasteiger partial charge in [0.1, 0.15) is 0 Å². The summed E-state index contributed by atoms with van der Waals surface area (Å²) in [6, 6.07) is 8.97. The molecule has 1 saturated heterocycles. The number of carbonyl (C=O) groups excluding carboxylic acids is 1. The van der Waals surface area contributed by atoms with Crippen LogP contribution in [0.15, 0.2) is 24.3 Å². The fraction of sp³-hybridized carbons (Fsp3) is 0.611. The molecule has 1 aromatic rings. The van der Waals surface area contributed by atoms with Gasteiger partial charge < -0.3 is 10.2 Å². The summed E-state index contributed by atoms with van der Waals surface area (Å²) in [6.45, 7) is 6.27. The minimum atomic E-state index is 0.255. The van der Waals surface area contributed by atoms with Crippen molar-refractivity contribution in [2.24, 2.45) is 0 Å². The van der Waals surface area contributed by atoms with Crippen molar-refractivity contribution in [3.63, 3.8) is 0 Å². The van der Waals surface area contributed by atoms with E-state index in [9.17, 15) is 4.79 Å². The van der Waals surface area contributed by atoms with Crippen LogP contribution in [0.4, 0.5) is 5.69 Å². The molecule has 0 aromatic heterocycles. The van der Waals surface area contributed by atoms with Gasteiger partial charge in [-0.2, -0.15) is 0 Å². The van der Waals surface area contributed by atoms with Crippen molar-refractivity contribution in [3.8, 4) is 0 Å². The van der Waals surface area contributed by atoms with Crippen molar-refractivity contribution in [3.05, 3.63) is 29.8 Å². The molecule has 0 saturated carbocycles. The van der Waals surface area contributed by atoms with Gasteiger partial charge >= 0.3 is 0 Å². The number of rotatable bonds is 8. The Bertz CT molecular complexity index is 441. The number of anilines is 1. The molecule has 3 nitrogen and oxygen atoms in total. The molecule has 21 heavy (non-hydrogen) atoms. The lowest BCUT2D eigenvalue weighted by Gasteiger charge is -2.17. The molecule has 1 unspecified atom stereocenters. The van der Waals surface area contributed by atoms with Gasteiger partial charge in [-0.1, -0.05) is 38.3 Å². The van der Waals surface area contributed by atoms with Crippen LogP contribution in [0.3, 0.4) is 0 Å². The predicted octanol–water partition coefficient (Wildman–Crippen LogP) is 3.87. The summed E-state index contributed by atoms with van der Waals surface area (Å²) in [5.41, 5.74) is 2.32. The van der Waals surface area contributed by atoms with Gasteiger partial charge in [-0.25, -0.2) is 0 Å². The van der Waals surface area contributed by atoms with E-state index in [0.29, 0.717) is 12.5 Å². The summed E-state index contributed by atoms with van der Waals surface area (Å²) in [4.78, 5) is 13.6. The van der Waals surface area contributed by atoms with Gasteiger partial charge in [-0.05, 0) is 37.5 Å². The third-order valence-electron chi connectivity index (χ3n) is 4.22. The maximum atomic E-state index is 11.7. The number of amides is 1. The zero-order valence-electron chi connectivity index (χ0n) is 13.4. The lowest BCUT2D eigenvalue weighted by molar-refractivity contribution is -0.117. The predicted molar refractivity (Wildman–Crippen MR) is 88.5 cm³/mol. The molecule has 3 heteroatoms. The van der Waals surface area contributed by atoms with Crippen molar-refractivity contribution in [2.45, 2.75) is 65.0 Å². The molecule has 0 bridgehead atoms. The van der Waals surface area contributed by atoms with E-state index < -0.39 is 0 Å². The molecular weight excluding hydrogens is 260 g/mol. The van der Waals surface area contributed by atoms with Crippen LogP contribution >= 0.6 is 0 Å². The summed E-state index contributed by atoms with van der Waals surface area (Å²) in [5, 5.41) is 3.58. The highest BCUT2D eigenvalue weighted by atomic mass is 16.2. The number of carbonyl (C=O) groups is 1. The maximum absolute atomic E-state index is 11.7. The third kappa shape index (κ3) is 4.85. The van der Waals surface area contributed by atoms with Crippen LogP contribution in [0.5, 0.6) is 0 Å². The fourth-order valence-corrected chi connectivity index (χ4v) is 2.81. The first-order chi connectivity index (χ1) is 10.2. The number of hydrogen-bond donors (Lipinski definition) is 1. The Balaban J connectivity index is 1.78. The van der Waals surface area contributed by atoms with Crippen LogP contribution in [0.1, 0.15) is 57.9 Å². The Morgan fingerprint density at radius 2 is 2.00 bits per heavy atom. The zero-order valence-corrected chi connectivity index (χ0v) is 13.4. The van der Waals surface area contributed by atoms with E-state index in [1.807, 2.05) is 4.90 Å². The molecule has 1 atom stereocenters. The molecule has 1 amide bonds. The smallest absolute Gasteiger partial charge is 0.227 e. The molecule has 0 radical (unpaired) electrons. The van der Waals surface area contributed by atoms with Crippen LogP contribution in [0, 0.1) is 0 Å². The van der Waals surface area contributed by atoms with Crippen LogP contribution in [-0.2, 0) is 11.3 Å². The molecule has 1 heterocycles. The second kappa shape index (κ2) is 8.18. The minimum Gasteiger partial charge on any atom is -0.312 e. The van der Waals surface area contributed by atoms with E-state index >= 15 is 0 Å². The summed E-state index contributed by atoms with van der Waals surface area (Å²) >= 11 is 0. The van der Waals surface area contributed by atoms with E-state index in [4.69, 9.17) is 0 Å². The van der Waals surface area contributed by atoms with Crippen LogP contribution in [0.2, 0.25) is 0 Å². The second-order valence-electron chi connectivity index (χ2n) is 6.09. The highest BCUT2D eigenvalue weighted by Crippen LogP contribution is 2.21. The van der Waals surface area contributed by atoms with Gasteiger partial charge in [0.05, 0.1) is 0 Å². The largest absolute Gasteiger partial charge is 0.312 e. The summed E-state index contributed by atoms with van der Waals surface area (Å²) in [7, 11) is 0. The van der Waals surface area contributed by atoms with E-state index in [1.165, 1.54) is 31.2 Å². The Morgan fingerprint density at radius 3 is 2.62 bits per heavy atom. The van der Waals surface area contributed by atoms with Crippen molar-refractivity contribution >= 4 is 11.6 Å². The van der Waals surface area contributed by atoms with Crippen LogP contribution < -0.4 is 10.2 Å². The molecule has 1 aliphatic rings. The number of nitrogens with one attached hydrogen (secondary N) is 1. The zero-order chi connectivity index (χ0) is 15.1. The molecular formula is C18H28N2O. The topological polar surface area (TPSA) is 32.3 Å². The van der Waals surface area contributed by atoms with Gasteiger partial charge in [0.25, 0.3) is 0 Å². The summed E-state index contributed by atoms with van der Waals surface area (Å²) < 4.78 is 0. The Morgan fingerprint density at radius 1 is 1.24 bits per heavy atom. The molecule has 116 valence electrons. The third-order valence-corrected chi connectivity index (χ3v) is 4.22. The standard InChI is InChI=1S/C18H28N2O/c1-3-4-5-7-15(2)19-14-16-9-11-17(12-10-16)20-13-6-8-18(20)21/h9-12,15,19H,3-8,13-14H2,1-2H3. The average molecular weight is 288 g/mol. The van der Waals surface area contributed by atoms with Gasteiger partial charge in [-0.3, -0.25) is 4.79 Å². The number of nitrogens with zero attached hydrogens (tertiary/aromatic N) is 1. The van der Waals surface area contributed by atoms with Crippen molar-refractivity contribution in [1.82, 2.24) is 5.32 Å². The molecule has 1 aliphatic heterocycles. The first-order valence-corrected chi connectivity index (χ1v) is 8.33. The number of hydrogen-bond acceptors (Lipinski definition) is 2. The molecule has 1 fully saturated rings. The van der Waals surface area contributed by atoms with E-state index in [2.05, 4.69) is 43.4 Å². The van der Waals surface area contributed by atoms with Crippen molar-refractivity contribution < 1.29 is 4.79 Å². The highest BCUT2D eigenvalue weighted by molar-refractivity contribution is 5.95. The minimum absolute atomic E-state index is 0.255. The Kier molecular flexibility index (Phi) is 6.24. The van der Waals surface area contributed by atoms with E-state index in [-0.39, 0.29) is 5.91 Å². The first kappa shape index (κ1) is 16.0. The summed E-state index contributed by atoms with van der Waals surface area (Å²) in [5.74, 6) is 0.255. The van der Waals surface area contributed by atoms with Gasteiger partial charge in [0, 0.05) is 31.2 Å². The molecule has 1 N–H and O–H groups in total. The second-order valence-corrected chi connectivity index (χ2v) is 6.09. The quantitative estimate of drug-likeness (QED) is 0.736. The van der Waals surface area contributed by atoms with Crippen molar-refractivity contribution in [1.29, 1.82) is 0 Å². The SMILES string of the molecule is CCCCCC(C)NCc1ccc(N2CCCC2=O)cc1. The van der Waals surface area contributed by atoms with E-state index in [1.54, 1.807) is 0 Å².